The number of hydrogen-bond donors (Lipinski definition) is 2. The lowest BCUT2D eigenvalue weighted by Crippen LogP contribution is -2.42. The summed E-state index contributed by atoms with van der Waals surface area (Å²) in [7, 11) is 1.86. The van der Waals surface area contributed by atoms with Gasteiger partial charge in [0.2, 0.25) is 0 Å². The number of likely N-dealkylation sites (N-methyl/N-ethyl adjacent to an activating group) is 1. The van der Waals surface area contributed by atoms with Gasteiger partial charge in [0.05, 0.1) is 12.6 Å². The lowest BCUT2D eigenvalue weighted by Gasteiger charge is -2.27. The van der Waals surface area contributed by atoms with Crippen LogP contribution in [0.2, 0.25) is 0 Å². The molecule has 0 spiro atoms. The van der Waals surface area contributed by atoms with Crippen LogP contribution in [-0.4, -0.2) is 54.0 Å². The number of aliphatic hydroxyl groups excluding tert-OH is 1. The first-order valence-corrected chi connectivity index (χ1v) is 5.65. The fourth-order valence-corrected chi connectivity index (χ4v) is 1.84. The molecule has 1 aliphatic rings. The Balaban J connectivity index is 2.61. The van der Waals surface area contributed by atoms with Crippen LogP contribution in [0.1, 0.15) is 27.2 Å². The predicted octanol–water partition coefficient (Wildman–Crippen LogP) is 0.576. The zero-order valence-electron chi connectivity index (χ0n) is 10.5. The summed E-state index contributed by atoms with van der Waals surface area (Å²) in [4.78, 5) is 13.5. The van der Waals surface area contributed by atoms with Crippen LogP contribution in [0.3, 0.4) is 0 Å². The Kier molecular flexibility index (Phi) is 4.15. The van der Waals surface area contributed by atoms with Crippen LogP contribution < -0.4 is 5.32 Å². The number of ether oxygens (including phenoxy) is 1. The van der Waals surface area contributed by atoms with Crippen molar-refractivity contribution >= 4 is 6.09 Å². The van der Waals surface area contributed by atoms with E-state index in [1.807, 2.05) is 27.8 Å². The van der Waals surface area contributed by atoms with Crippen molar-refractivity contribution in [3.8, 4) is 0 Å². The molecule has 0 aliphatic carbocycles. The maximum Gasteiger partial charge on any atom is 0.410 e. The number of likely N-dealkylation sites (tertiary alicyclic amines) is 1. The third kappa shape index (κ3) is 3.35. The van der Waals surface area contributed by atoms with E-state index in [1.165, 1.54) is 0 Å². The fraction of sp³-hybridized carbons (Fsp3) is 0.909. The molecule has 1 heterocycles. The maximum atomic E-state index is 11.9. The van der Waals surface area contributed by atoms with Crippen molar-refractivity contribution < 1.29 is 14.6 Å². The van der Waals surface area contributed by atoms with Gasteiger partial charge < -0.3 is 20.1 Å². The normalized spacial score (nSPS) is 25.9. The molecule has 2 atom stereocenters. The molecule has 2 N–H and O–H groups in total. The molecule has 0 bridgehead atoms. The highest BCUT2D eigenvalue weighted by atomic mass is 16.6. The highest BCUT2D eigenvalue weighted by molar-refractivity contribution is 5.69. The molecule has 0 radical (unpaired) electrons. The predicted molar refractivity (Wildman–Crippen MR) is 61.3 cm³/mol. The standard InChI is InChI=1S/C11H22N2O3/c1-11(2,3)16-10(15)13-6-8(12-4)5-9(13)7-14/h8-9,12,14H,5-7H2,1-4H3/t8-,9-/m0/s1. The van der Waals surface area contributed by atoms with Gasteiger partial charge in [-0.3, -0.25) is 0 Å². The van der Waals surface area contributed by atoms with Crippen LogP contribution >= 0.6 is 0 Å². The van der Waals surface area contributed by atoms with Crippen LogP contribution in [0.5, 0.6) is 0 Å². The minimum absolute atomic E-state index is 0.0164. The van der Waals surface area contributed by atoms with Crippen molar-refractivity contribution in [1.29, 1.82) is 0 Å². The van der Waals surface area contributed by atoms with Gasteiger partial charge in [0.1, 0.15) is 5.60 Å². The first-order valence-electron chi connectivity index (χ1n) is 5.65. The number of nitrogens with zero attached hydrogens (tertiary/aromatic N) is 1. The summed E-state index contributed by atoms with van der Waals surface area (Å²) in [6.07, 6.45) is 0.427. The van der Waals surface area contributed by atoms with Gasteiger partial charge in [0.15, 0.2) is 0 Å². The van der Waals surface area contributed by atoms with E-state index in [2.05, 4.69) is 5.32 Å². The van der Waals surface area contributed by atoms with E-state index < -0.39 is 5.60 Å². The maximum absolute atomic E-state index is 11.9. The van der Waals surface area contributed by atoms with Gasteiger partial charge in [0, 0.05) is 12.6 Å². The van der Waals surface area contributed by atoms with E-state index in [0.29, 0.717) is 6.54 Å². The first-order chi connectivity index (χ1) is 7.37. The highest BCUT2D eigenvalue weighted by Gasteiger charge is 2.36. The lowest BCUT2D eigenvalue weighted by molar-refractivity contribution is 0.0174. The number of rotatable bonds is 2. The molecule has 0 aromatic carbocycles. The second-order valence-corrected chi connectivity index (χ2v) is 5.19. The molecule has 1 fully saturated rings. The van der Waals surface area contributed by atoms with Gasteiger partial charge >= 0.3 is 6.09 Å². The summed E-state index contributed by atoms with van der Waals surface area (Å²) < 4.78 is 5.29. The van der Waals surface area contributed by atoms with Crippen molar-refractivity contribution in [2.24, 2.45) is 0 Å². The molecule has 0 aromatic heterocycles. The molecule has 1 rings (SSSR count). The van der Waals surface area contributed by atoms with Crippen molar-refractivity contribution in [2.45, 2.75) is 44.9 Å². The summed E-state index contributed by atoms with van der Waals surface area (Å²) in [5.74, 6) is 0. The summed E-state index contributed by atoms with van der Waals surface area (Å²) in [5, 5.41) is 12.3. The number of carbonyl (C=O) groups excluding carboxylic acids is 1. The van der Waals surface area contributed by atoms with Crippen LogP contribution in [0, 0.1) is 0 Å². The van der Waals surface area contributed by atoms with E-state index >= 15 is 0 Å². The van der Waals surface area contributed by atoms with E-state index in [9.17, 15) is 9.90 Å². The number of amides is 1. The number of carbonyl (C=O) groups is 1. The number of nitrogens with one attached hydrogen (secondary N) is 1. The minimum atomic E-state index is -0.491. The Morgan fingerprint density at radius 2 is 2.19 bits per heavy atom. The molecule has 1 aliphatic heterocycles. The molecule has 5 nitrogen and oxygen atoms in total. The van der Waals surface area contributed by atoms with Crippen LogP contribution in [0.15, 0.2) is 0 Å². The number of aliphatic hydroxyl groups is 1. The first kappa shape index (κ1) is 13.3. The van der Waals surface area contributed by atoms with Crippen molar-refractivity contribution in [3.05, 3.63) is 0 Å². The zero-order valence-corrected chi connectivity index (χ0v) is 10.5. The monoisotopic (exact) mass is 230 g/mol. The average Bonchev–Trinajstić information content (AvgIpc) is 2.58. The third-order valence-electron chi connectivity index (χ3n) is 2.66. The average molecular weight is 230 g/mol. The van der Waals surface area contributed by atoms with E-state index in [1.54, 1.807) is 4.90 Å². The molecular weight excluding hydrogens is 208 g/mol. The minimum Gasteiger partial charge on any atom is -0.444 e. The van der Waals surface area contributed by atoms with Crippen molar-refractivity contribution in [1.82, 2.24) is 10.2 Å². The van der Waals surface area contributed by atoms with Crippen LogP contribution in [0.4, 0.5) is 4.79 Å². The Hall–Kier alpha value is -0.810. The zero-order chi connectivity index (χ0) is 12.3. The molecule has 0 unspecified atom stereocenters. The molecule has 0 aromatic rings. The van der Waals surface area contributed by atoms with Gasteiger partial charge in [-0.25, -0.2) is 4.79 Å². The SMILES string of the molecule is CN[C@H]1C[C@@H](CO)N(C(=O)OC(C)(C)C)C1. The van der Waals surface area contributed by atoms with Crippen LogP contribution in [0.25, 0.3) is 0 Å². The smallest absolute Gasteiger partial charge is 0.410 e. The fourth-order valence-electron chi connectivity index (χ4n) is 1.84. The third-order valence-corrected chi connectivity index (χ3v) is 2.66. The quantitative estimate of drug-likeness (QED) is 0.728. The van der Waals surface area contributed by atoms with E-state index in [4.69, 9.17) is 4.74 Å². The Bertz CT molecular complexity index is 250. The van der Waals surface area contributed by atoms with Crippen molar-refractivity contribution in [2.75, 3.05) is 20.2 Å². The molecule has 1 amide bonds. The Labute approximate surface area is 96.8 Å². The second kappa shape index (κ2) is 5.01. The summed E-state index contributed by atoms with van der Waals surface area (Å²) in [5.41, 5.74) is -0.491. The second-order valence-electron chi connectivity index (χ2n) is 5.19. The van der Waals surface area contributed by atoms with Crippen LogP contribution in [-0.2, 0) is 4.74 Å². The van der Waals surface area contributed by atoms with E-state index in [0.717, 1.165) is 6.42 Å². The number of hydrogen-bond acceptors (Lipinski definition) is 4. The lowest BCUT2D eigenvalue weighted by atomic mass is 10.2. The molecular formula is C11H22N2O3. The van der Waals surface area contributed by atoms with Gasteiger partial charge in [-0.15, -0.1) is 0 Å². The molecule has 94 valence electrons. The van der Waals surface area contributed by atoms with E-state index in [-0.39, 0.29) is 24.8 Å². The molecule has 1 saturated heterocycles. The van der Waals surface area contributed by atoms with Gasteiger partial charge in [0.25, 0.3) is 0 Å². The molecule has 0 saturated carbocycles. The summed E-state index contributed by atoms with van der Waals surface area (Å²) in [6, 6.07) is 0.108. The highest BCUT2D eigenvalue weighted by Crippen LogP contribution is 2.20. The Morgan fingerprint density at radius 1 is 1.56 bits per heavy atom. The largest absolute Gasteiger partial charge is 0.444 e. The summed E-state index contributed by atoms with van der Waals surface area (Å²) in [6.45, 7) is 6.09. The van der Waals surface area contributed by atoms with Gasteiger partial charge in [-0.1, -0.05) is 0 Å². The van der Waals surface area contributed by atoms with Gasteiger partial charge in [-0.05, 0) is 34.2 Å². The molecule has 5 heteroatoms. The topological polar surface area (TPSA) is 61.8 Å². The summed E-state index contributed by atoms with van der Waals surface area (Å²) >= 11 is 0. The van der Waals surface area contributed by atoms with Gasteiger partial charge in [-0.2, -0.15) is 0 Å². The Morgan fingerprint density at radius 3 is 2.62 bits per heavy atom. The van der Waals surface area contributed by atoms with Crippen molar-refractivity contribution in [3.63, 3.8) is 0 Å². The molecule has 16 heavy (non-hydrogen) atoms.